The van der Waals surface area contributed by atoms with Crippen LogP contribution in [0.4, 0.5) is 0 Å². The highest BCUT2D eigenvalue weighted by Gasteiger charge is 1.94. The first-order chi connectivity index (χ1) is 2.89. The van der Waals surface area contributed by atoms with E-state index in [1.807, 2.05) is 11.9 Å². The fourth-order valence-corrected chi connectivity index (χ4v) is 0.272. The zero-order valence-corrected chi connectivity index (χ0v) is 3.59. The molecule has 0 radical (unpaired) electrons. The summed E-state index contributed by atoms with van der Waals surface area (Å²) in [6.45, 7) is 0.597. The Labute approximate surface area is 36.2 Å². The van der Waals surface area contributed by atoms with Gasteiger partial charge < -0.3 is 9.74 Å². The minimum atomic E-state index is 0.597. The van der Waals surface area contributed by atoms with Gasteiger partial charge in [-0.2, -0.15) is 0 Å². The number of rotatable bonds is 0. The SMILES string of the molecule is CN1C=NOC1. The van der Waals surface area contributed by atoms with E-state index >= 15 is 0 Å². The standard InChI is InChI=1S/C3H6N2O/c1-5-2-4-6-3-5/h2H,3H2,1H3. The molecule has 0 fully saturated rings. The summed E-state index contributed by atoms with van der Waals surface area (Å²) in [4.78, 5) is 6.40. The van der Waals surface area contributed by atoms with Gasteiger partial charge in [-0.25, -0.2) is 0 Å². The summed E-state index contributed by atoms with van der Waals surface area (Å²) < 4.78 is 0. The van der Waals surface area contributed by atoms with Crippen LogP contribution in [0.15, 0.2) is 5.16 Å². The molecule has 0 saturated carbocycles. The third-order valence-corrected chi connectivity index (χ3v) is 0.580. The summed E-state index contributed by atoms with van der Waals surface area (Å²) in [5.74, 6) is 0. The Morgan fingerprint density at radius 3 is 3.00 bits per heavy atom. The molecule has 0 aromatic rings. The van der Waals surface area contributed by atoms with Crippen molar-refractivity contribution in [1.82, 2.24) is 4.90 Å². The molecule has 0 saturated heterocycles. The Morgan fingerprint density at radius 2 is 2.83 bits per heavy atom. The van der Waals surface area contributed by atoms with E-state index in [0.717, 1.165) is 0 Å². The Morgan fingerprint density at radius 1 is 2.00 bits per heavy atom. The molecule has 0 aliphatic carbocycles. The monoisotopic (exact) mass is 86.0 g/mol. The molecule has 0 unspecified atom stereocenters. The lowest BCUT2D eigenvalue weighted by Crippen LogP contribution is -2.10. The lowest BCUT2D eigenvalue weighted by atomic mass is 10.9. The molecule has 0 amide bonds. The lowest BCUT2D eigenvalue weighted by molar-refractivity contribution is 0.120. The molecule has 34 valence electrons. The summed E-state index contributed by atoms with van der Waals surface area (Å²) in [5.41, 5.74) is 0. The Bertz CT molecular complexity index is 71.2. The van der Waals surface area contributed by atoms with Crippen LogP contribution < -0.4 is 0 Å². The van der Waals surface area contributed by atoms with E-state index in [0.29, 0.717) is 6.73 Å². The van der Waals surface area contributed by atoms with Crippen molar-refractivity contribution < 1.29 is 4.84 Å². The van der Waals surface area contributed by atoms with Crippen molar-refractivity contribution in [3.63, 3.8) is 0 Å². The van der Waals surface area contributed by atoms with Gasteiger partial charge in [0.2, 0.25) is 0 Å². The van der Waals surface area contributed by atoms with Crippen molar-refractivity contribution in [1.29, 1.82) is 0 Å². The van der Waals surface area contributed by atoms with Crippen molar-refractivity contribution >= 4 is 6.34 Å². The van der Waals surface area contributed by atoms with E-state index in [2.05, 4.69) is 9.99 Å². The minimum Gasteiger partial charge on any atom is -0.372 e. The van der Waals surface area contributed by atoms with Crippen LogP contribution in [-0.4, -0.2) is 25.0 Å². The first-order valence-corrected chi connectivity index (χ1v) is 1.75. The van der Waals surface area contributed by atoms with Gasteiger partial charge in [-0.15, -0.1) is 0 Å². The highest BCUT2D eigenvalue weighted by molar-refractivity contribution is 5.54. The summed E-state index contributed by atoms with van der Waals surface area (Å²) >= 11 is 0. The predicted molar refractivity (Wildman–Crippen MR) is 22.2 cm³/mol. The first kappa shape index (κ1) is 3.46. The van der Waals surface area contributed by atoms with Crippen LogP contribution >= 0.6 is 0 Å². The smallest absolute Gasteiger partial charge is 0.190 e. The molecule has 1 aliphatic rings. The fourth-order valence-electron chi connectivity index (χ4n) is 0.272. The molecule has 0 atom stereocenters. The van der Waals surface area contributed by atoms with Crippen LogP contribution in [0.5, 0.6) is 0 Å². The third kappa shape index (κ3) is 0.429. The van der Waals surface area contributed by atoms with Crippen LogP contribution in [-0.2, 0) is 4.84 Å². The van der Waals surface area contributed by atoms with Gasteiger partial charge in [0.15, 0.2) is 6.73 Å². The number of oxime groups is 1. The summed E-state index contributed by atoms with van der Waals surface area (Å²) in [5, 5.41) is 3.47. The highest BCUT2D eigenvalue weighted by atomic mass is 16.6. The van der Waals surface area contributed by atoms with Gasteiger partial charge in [-0.1, -0.05) is 5.16 Å². The molecule has 1 aliphatic heterocycles. The van der Waals surface area contributed by atoms with Gasteiger partial charge in [0.25, 0.3) is 0 Å². The maximum atomic E-state index is 4.55. The quantitative estimate of drug-likeness (QED) is 0.409. The number of hydrogen-bond acceptors (Lipinski definition) is 3. The second-order valence-electron chi connectivity index (χ2n) is 1.24. The lowest BCUT2D eigenvalue weighted by Gasteiger charge is -1.97. The van der Waals surface area contributed by atoms with Crippen molar-refractivity contribution in [2.75, 3.05) is 13.8 Å². The molecule has 3 heteroatoms. The molecule has 0 aromatic carbocycles. The van der Waals surface area contributed by atoms with E-state index in [1.54, 1.807) is 6.34 Å². The first-order valence-electron chi connectivity index (χ1n) is 1.75. The van der Waals surface area contributed by atoms with Crippen molar-refractivity contribution in [2.45, 2.75) is 0 Å². The molecule has 1 rings (SSSR count). The molecular weight excluding hydrogens is 80.0 g/mol. The van der Waals surface area contributed by atoms with Gasteiger partial charge in [0.1, 0.15) is 6.34 Å². The fraction of sp³-hybridized carbons (Fsp3) is 0.667. The van der Waals surface area contributed by atoms with Crippen LogP contribution in [0.3, 0.4) is 0 Å². The average Bonchev–Trinajstić information content (AvgIpc) is 1.86. The van der Waals surface area contributed by atoms with Crippen LogP contribution in [0.1, 0.15) is 0 Å². The topological polar surface area (TPSA) is 24.8 Å². The van der Waals surface area contributed by atoms with Crippen LogP contribution in [0, 0.1) is 0 Å². The molecule has 0 bridgehead atoms. The van der Waals surface area contributed by atoms with Gasteiger partial charge in [-0.3, -0.25) is 0 Å². The Kier molecular flexibility index (Phi) is 0.670. The summed E-state index contributed by atoms with van der Waals surface area (Å²) in [6.07, 6.45) is 1.64. The average molecular weight is 86.1 g/mol. The second-order valence-corrected chi connectivity index (χ2v) is 1.24. The van der Waals surface area contributed by atoms with E-state index in [1.165, 1.54) is 0 Å². The molecular formula is C3H6N2O. The van der Waals surface area contributed by atoms with Crippen molar-refractivity contribution in [2.24, 2.45) is 5.16 Å². The van der Waals surface area contributed by atoms with Crippen molar-refractivity contribution in [3.8, 4) is 0 Å². The molecule has 3 nitrogen and oxygen atoms in total. The molecule has 1 heterocycles. The van der Waals surface area contributed by atoms with Crippen molar-refractivity contribution in [3.05, 3.63) is 0 Å². The minimum absolute atomic E-state index is 0.597. The third-order valence-electron chi connectivity index (χ3n) is 0.580. The molecule has 0 aromatic heterocycles. The van der Waals surface area contributed by atoms with Gasteiger partial charge in [-0.05, 0) is 0 Å². The largest absolute Gasteiger partial charge is 0.372 e. The van der Waals surface area contributed by atoms with Gasteiger partial charge in [0, 0.05) is 7.05 Å². The van der Waals surface area contributed by atoms with E-state index in [9.17, 15) is 0 Å². The van der Waals surface area contributed by atoms with Crippen LogP contribution in [0.25, 0.3) is 0 Å². The maximum absolute atomic E-state index is 4.55. The Hall–Kier alpha value is -0.730. The normalized spacial score (nSPS) is 18.5. The number of nitrogens with zero attached hydrogens (tertiary/aromatic N) is 2. The van der Waals surface area contributed by atoms with Gasteiger partial charge in [0.05, 0.1) is 0 Å². The van der Waals surface area contributed by atoms with Gasteiger partial charge >= 0.3 is 0 Å². The second kappa shape index (κ2) is 1.16. The highest BCUT2D eigenvalue weighted by Crippen LogP contribution is 1.87. The van der Waals surface area contributed by atoms with Crippen LogP contribution in [0.2, 0.25) is 0 Å². The molecule has 0 spiro atoms. The maximum Gasteiger partial charge on any atom is 0.190 e. The zero-order chi connectivity index (χ0) is 4.41. The summed E-state index contributed by atoms with van der Waals surface area (Å²) in [6, 6.07) is 0. The zero-order valence-electron chi connectivity index (χ0n) is 3.59. The predicted octanol–water partition coefficient (Wildman–Crippen LogP) is -0.151. The summed E-state index contributed by atoms with van der Waals surface area (Å²) in [7, 11) is 1.90. The number of hydrogen-bond donors (Lipinski definition) is 0. The Balaban J connectivity index is 2.38. The molecule has 0 N–H and O–H groups in total. The molecule has 6 heavy (non-hydrogen) atoms. The van der Waals surface area contributed by atoms with E-state index in [-0.39, 0.29) is 0 Å². The van der Waals surface area contributed by atoms with E-state index < -0.39 is 0 Å². The van der Waals surface area contributed by atoms with E-state index in [4.69, 9.17) is 0 Å².